The second-order valence-corrected chi connectivity index (χ2v) is 4.62. The molecule has 0 aliphatic carbocycles. The van der Waals surface area contributed by atoms with Gasteiger partial charge >= 0.3 is 6.03 Å². The van der Waals surface area contributed by atoms with Crippen molar-refractivity contribution >= 4 is 17.6 Å². The Bertz CT molecular complexity index is 544. The molecule has 0 aromatic heterocycles. The topological polar surface area (TPSA) is 50.4 Å². The number of halogens is 1. The Kier molecular flexibility index (Phi) is 5.41. The number of nitrogens with one attached hydrogen (secondary N) is 2. The van der Waals surface area contributed by atoms with Gasteiger partial charge in [0, 0.05) is 11.6 Å². The lowest BCUT2D eigenvalue weighted by atomic mass is 10.2. The summed E-state index contributed by atoms with van der Waals surface area (Å²) < 4.78 is 0. The Morgan fingerprint density at radius 3 is 2.40 bits per heavy atom. The van der Waals surface area contributed by atoms with E-state index in [-0.39, 0.29) is 6.03 Å². The molecule has 2 rings (SSSR count). The molecule has 0 bridgehead atoms. The van der Waals surface area contributed by atoms with Crippen LogP contribution >= 0.6 is 11.6 Å². The normalized spacial score (nSPS) is 10.1. The maximum atomic E-state index is 11.5. The SMILES string of the molecule is O=C(NCc1ccc(Cl)cc1)NOCc1ccccc1. The highest BCUT2D eigenvalue weighted by molar-refractivity contribution is 6.30. The van der Waals surface area contributed by atoms with Crippen molar-refractivity contribution in [3.8, 4) is 0 Å². The van der Waals surface area contributed by atoms with Gasteiger partial charge in [0.15, 0.2) is 0 Å². The number of hydrogen-bond acceptors (Lipinski definition) is 2. The van der Waals surface area contributed by atoms with Crippen molar-refractivity contribution in [3.05, 3.63) is 70.7 Å². The van der Waals surface area contributed by atoms with E-state index >= 15 is 0 Å². The van der Waals surface area contributed by atoms with Gasteiger partial charge in [-0.3, -0.25) is 4.84 Å². The highest BCUT2D eigenvalue weighted by atomic mass is 35.5. The molecule has 104 valence electrons. The minimum Gasteiger partial charge on any atom is -0.332 e. The fraction of sp³-hybridized carbons (Fsp3) is 0.133. The number of amides is 2. The Morgan fingerprint density at radius 2 is 1.70 bits per heavy atom. The maximum Gasteiger partial charge on any atom is 0.338 e. The minimum absolute atomic E-state index is 0.329. The zero-order valence-electron chi connectivity index (χ0n) is 10.8. The zero-order chi connectivity index (χ0) is 14.2. The van der Waals surface area contributed by atoms with Gasteiger partial charge in [0.05, 0.1) is 6.61 Å². The highest BCUT2D eigenvalue weighted by Gasteiger charge is 2.00. The first-order chi connectivity index (χ1) is 9.74. The summed E-state index contributed by atoms with van der Waals surface area (Å²) in [5.41, 5.74) is 4.29. The van der Waals surface area contributed by atoms with Crippen molar-refractivity contribution in [1.82, 2.24) is 10.8 Å². The van der Waals surface area contributed by atoms with Gasteiger partial charge in [0.1, 0.15) is 0 Å². The quantitative estimate of drug-likeness (QED) is 0.830. The monoisotopic (exact) mass is 290 g/mol. The van der Waals surface area contributed by atoms with E-state index in [0.29, 0.717) is 18.2 Å². The summed E-state index contributed by atoms with van der Waals surface area (Å²) in [5, 5.41) is 3.36. The molecule has 0 saturated heterocycles. The molecule has 0 saturated carbocycles. The summed E-state index contributed by atoms with van der Waals surface area (Å²) in [5.74, 6) is 0. The molecular formula is C15H15ClN2O2. The Balaban J connectivity index is 1.67. The third-order valence-corrected chi connectivity index (χ3v) is 2.86. The highest BCUT2D eigenvalue weighted by Crippen LogP contribution is 2.09. The number of benzene rings is 2. The number of hydrogen-bond donors (Lipinski definition) is 2. The summed E-state index contributed by atoms with van der Waals surface area (Å²) in [6.07, 6.45) is 0. The van der Waals surface area contributed by atoms with Gasteiger partial charge in [-0.1, -0.05) is 54.1 Å². The van der Waals surface area contributed by atoms with E-state index in [4.69, 9.17) is 16.4 Å². The van der Waals surface area contributed by atoms with Crippen LogP contribution in [0.5, 0.6) is 0 Å². The van der Waals surface area contributed by atoms with Crippen LogP contribution in [0.15, 0.2) is 54.6 Å². The van der Waals surface area contributed by atoms with Crippen molar-refractivity contribution in [2.45, 2.75) is 13.2 Å². The first-order valence-corrected chi connectivity index (χ1v) is 6.56. The van der Waals surface area contributed by atoms with E-state index < -0.39 is 0 Å². The van der Waals surface area contributed by atoms with Crippen molar-refractivity contribution < 1.29 is 9.63 Å². The summed E-state index contributed by atoms with van der Waals surface area (Å²) in [6.45, 7) is 0.743. The van der Waals surface area contributed by atoms with Crippen LogP contribution in [-0.4, -0.2) is 6.03 Å². The first-order valence-electron chi connectivity index (χ1n) is 6.18. The van der Waals surface area contributed by atoms with E-state index in [1.165, 1.54) is 0 Å². The lowest BCUT2D eigenvalue weighted by Gasteiger charge is -2.08. The molecule has 0 spiro atoms. The van der Waals surface area contributed by atoms with Crippen LogP contribution in [0.2, 0.25) is 5.02 Å². The van der Waals surface area contributed by atoms with E-state index in [0.717, 1.165) is 11.1 Å². The standard InChI is InChI=1S/C15H15ClN2O2/c16-14-8-6-12(7-9-14)10-17-15(19)18-20-11-13-4-2-1-3-5-13/h1-9H,10-11H2,(H2,17,18,19). The van der Waals surface area contributed by atoms with E-state index in [2.05, 4.69) is 10.8 Å². The second-order valence-electron chi connectivity index (χ2n) is 4.19. The van der Waals surface area contributed by atoms with Gasteiger partial charge in [0.2, 0.25) is 0 Å². The Hall–Kier alpha value is -2.04. The van der Waals surface area contributed by atoms with Crippen LogP contribution in [0.4, 0.5) is 4.79 Å². The lowest BCUT2D eigenvalue weighted by molar-refractivity contribution is 0.0490. The fourth-order valence-electron chi connectivity index (χ4n) is 1.58. The molecule has 0 unspecified atom stereocenters. The third kappa shape index (κ3) is 4.91. The number of carbonyl (C=O) groups is 1. The van der Waals surface area contributed by atoms with Crippen LogP contribution in [0, 0.1) is 0 Å². The molecule has 2 aromatic carbocycles. The summed E-state index contributed by atoms with van der Waals surface area (Å²) in [6, 6.07) is 16.5. The Morgan fingerprint density at radius 1 is 1.00 bits per heavy atom. The molecule has 2 aromatic rings. The van der Waals surface area contributed by atoms with Gasteiger partial charge in [-0.05, 0) is 23.3 Å². The Labute approximate surface area is 122 Å². The molecule has 2 N–H and O–H groups in total. The van der Waals surface area contributed by atoms with Crippen LogP contribution < -0.4 is 10.8 Å². The smallest absolute Gasteiger partial charge is 0.332 e. The van der Waals surface area contributed by atoms with Gasteiger partial charge in [0.25, 0.3) is 0 Å². The predicted octanol–water partition coefficient (Wildman–Crippen LogP) is 3.27. The van der Waals surface area contributed by atoms with Crippen LogP contribution in [0.25, 0.3) is 0 Å². The summed E-state index contributed by atoms with van der Waals surface area (Å²) >= 11 is 5.78. The van der Waals surface area contributed by atoms with Gasteiger partial charge in [-0.2, -0.15) is 0 Å². The molecule has 0 heterocycles. The molecule has 0 fully saturated rings. The van der Waals surface area contributed by atoms with Crippen LogP contribution in [0.3, 0.4) is 0 Å². The average Bonchev–Trinajstić information content (AvgIpc) is 2.48. The van der Waals surface area contributed by atoms with Crippen molar-refractivity contribution in [3.63, 3.8) is 0 Å². The molecule has 0 aliphatic heterocycles. The van der Waals surface area contributed by atoms with Crippen LogP contribution in [0.1, 0.15) is 11.1 Å². The fourth-order valence-corrected chi connectivity index (χ4v) is 1.71. The second kappa shape index (κ2) is 7.53. The van der Waals surface area contributed by atoms with Crippen molar-refractivity contribution in [2.75, 3.05) is 0 Å². The van der Waals surface area contributed by atoms with E-state index in [9.17, 15) is 4.79 Å². The predicted molar refractivity (Wildman–Crippen MR) is 78.1 cm³/mol. The third-order valence-electron chi connectivity index (χ3n) is 2.61. The van der Waals surface area contributed by atoms with E-state index in [1.54, 1.807) is 12.1 Å². The van der Waals surface area contributed by atoms with Crippen molar-refractivity contribution in [2.24, 2.45) is 0 Å². The molecular weight excluding hydrogens is 276 g/mol. The molecule has 0 aliphatic rings. The first kappa shape index (κ1) is 14.4. The molecule has 20 heavy (non-hydrogen) atoms. The number of carbonyl (C=O) groups excluding carboxylic acids is 1. The minimum atomic E-state index is -0.379. The van der Waals surface area contributed by atoms with Crippen molar-refractivity contribution in [1.29, 1.82) is 0 Å². The summed E-state index contributed by atoms with van der Waals surface area (Å²) in [7, 11) is 0. The number of rotatable bonds is 5. The number of hydroxylamine groups is 1. The van der Waals surface area contributed by atoms with Gasteiger partial charge in [-0.15, -0.1) is 0 Å². The average molecular weight is 291 g/mol. The largest absolute Gasteiger partial charge is 0.338 e. The molecule has 0 radical (unpaired) electrons. The maximum absolute atomic E-state index is 11.5. The lowest BCUT2D eigenvalue weighted by Crippen LogP contribution is -2.34. The van der Waals surface area contributed by atoms with E-state index in [1.807, 2.05) is 42.5 Å². The molecule has 2 amide bonds. The van der Waals surface area contributed by atoms with Gasteiger partial charge < -0.3 is 5.32 Å². The molecule has 0 atom stereocenters. The summed E-state index contributed by atoms with van der Waals surface area (Å²) in [4.78, 5) is 16.6. The molecule has 4 nitrogen and oxygen atoms in total. The zero-order valence-corrected chi connectivity index (χ0v) is 11.6. The van der Waals surface area contributed by atoms with Crippen LogP contribution in [-0.2, 0) is 18.0 Å². The van der Waals surface area contributed by atoms with Gasteiger partial charge in [-0.25, -0.2) is 10.3 Å². The molecule has 5 heteroatoms. The number of urea groups is 1.